The van der Waals surface area contributed by atoms with Crippen molar-refractivity contribution in [2.75, 3.05) is 26.1 Å². The van der Waals surface area contributed by atoms with Crippen LogP contribution in [-0.4, -0.2) is 45.3 Å². The SMILES string of the molecule is CNc1nc2[nH]c(-c3cccc([C@@H](N)CCCOC)n3)cc2c2c1ncn2C. The fourth-order valence-electron chi connectivity index (χ4n) is 3.51. The average molecular weight is 379 g/mol. The van der Waals surface area contributed by atoms with Crippen LogP contribution >= 0.6 is 0 Å². The molecule has 0 aliphatic rings. The lowest BCUT2D eigenvalue weighted by Gasteiger charge is -2.11. The molecular weight excluding hydrogens is 354 g/mol. The zero-order valence-corrected chi connectivity index (χ0v) is 16.4. The van der Waals surface area contributed by atoms with Gasteiger partial charge in [0.2, 0.25) is 0 Å². The summed E-state index contributed by atoms with van der Waals surface area (Å²) in [6.45, 7) is 0.704. The van der Waals surface area contributed by atoms with Crippen molar-refractivity contribution in [1.82, 2.24) is 24.5 Å². The number of imidazole rings is 1. The zero-order chi connectivity index (χ0) is 19.7. The predicted octanol–water partition coefficient (Wildman–Crippen LogP) is 2.98. The van der Waals surface area contributed by atoms with Gasteiger partial charge in [-0.25, -0.2) is 15.0 Å². The van der Waals surface area contributed by atoms with Crippen molar-refractivity contribution >= 4 is 27.9 Å². The molecule has 0 aliphatic carbocycles. The van der Waals surface area contributed by atoms with Crippen molar-refractivity contribution in [3.63, 3.8) is 0 Å². The Kier molecular flexibility index (Phi) is 4.97. The Morgan fingerprint density at radius 2 is 2.18 bits per heavy atom. The van der Waals surface area contributed by atoms with Crippen molar-refractivity contribution in [2.24, 2.45) is 12.8 Å². The molecule has 0 radical (unpaired) electrons. The van der Waals surface area contributed by atoms with Gasteiger partial charge in [-0.2, -0.15) is 0 Å². The molecule has 0 saturated heterocycles. The largest absolute Gasteiger partial charge is 0.385 e. The number of hydrogen-bond acceptors (Lipinski definition) is 6. The van der Waals surface area contributed by atoms with Gasteiger partial charge >= 0.3 is 0 Å². The Morgan fingerprint density at radius 3 is 2.96 bits per heavy atom. The van der Waals surface area contributed by atoms with Crippen molar-refractivity contribution in [3.05, 3.63) is 36.3 Å². The molecule has 0 saturated carbocycles. The first-order valence-electron chi connectivity index (χ1n) is 9.35. The summed E-state index contributed by atoms with van der Waals surface area (Å²) in [6.07, 6.45) is 3.54. The third-order valence-electron chi connectivity index (χ3n) is 4.96. The number of fused-ring (bicyclic) bond motifs is 3. The van der Waals surface area contributed by atoms with Crippen LogP contribution in [0.15, 0.2) is 30.6 Å². The van der Waals surface area contributed by atoms with Crippen LogP contribution in [0.3, 0.4) is 0 Å². The summed E-state index contributed by atoms with van der Waals surface area (Å²) in [5.41, 5.74) is 11.6. The minimum Gasteiger partial charge on any atom is -0.385 e. The summed E-state index contributed by atoms with van der Waals surface area (Å²) in [6, 6.07) is 7.91. The van der Waals surface area contributed by atoms with E-state index in [0.717, 1.165) is 57.8 Å². The molecule has 4 aromatic heterocycles. The van der Waals surface area contributed by atoms with Crippen LogP contribution in [0, 0.1) is 0 Å². The maximum Gasteiger partial charge on any atom is 0.156 e. The molecule has 0 spiro atoms. The van der Waals surface area contributed by atoms with E-state index in [4.69, 9.17) is 15.5 Å². The Hall–Kier alpha value is -2.97. The Balaban J connectivity index is 1.75. The Bertz CT molecular complexity index is 1110. The molecule has 0 bridgehead atoms. The highest BCUT2D eigenvalue weighted by atomic mass is 16.5. The topological polar surface area (TPSA) is 107 Å². The molecule has 0 fully saturated rings. The van der Waals surface area contributed by atoms with E-state index in [1.807, 2.05) is 36.9 Å². The number of nitrogens with one attached hydrogen (secondary N) is 2. The summed E-state index contributed by atoms with van der Waals surface area (Å²) in [5.74, 6) is 0.748. The van der Waals surface area contributed by atoms with E-state index in [9.17, 15) is 0 Å². The number of aromatic amines is 1. The maximum atomic E-state index is 6.32. The van der Waals surface area contributed by atoms with Gasteiger partial charge in [0, 0.05) is 39.2 Å². The Morgan fingerprint density at radius 1 is 1.32 bits per heavy atom. The normalized spacial score (nSPS) is 12.7. The monoisotopic (exact) mass is 379 g/mol. The fourth-order valence-corrected chi connectivity index (χ4v) is 3.51. The number of rotatable bonds is 7. The number of H-pyrrole nitrogens is 1. The van der Waals surface area contributed by atoms with Gasteiger partial charge in [-0.1, -0.05) is 6.07 Å². The molecule has 1 atom stereocenters. The van der Waals surface area contributed by atoms with Crippen LogP contribution in [0.5, 0.6) is 0 Å². The number of aryl methyl sites for hydroxylation is 1. The highest BCUT2D eigenvalue weighted by Gasteiger charge is 2.16. The van der Waals surface area contributed by atoms with E-state index in [-0.39, 0.29) is 6.04 Å². The number of aromatic nitrogens is 5. The fraction of sp³-hybridized carbons (Fsp3) is 0.350. The van der Waals surface area contributed by atoms with E-state index in [1.54, 1.807) is 13.4 Å². The minimum absolute atomic E-state index is 0.114. The number of nitrogens with two attached hydrogens (primary N) is 1. The van der Waals surface area contributed by atoms with E-state index >= 15 is 0 Å². The summed E-state index contributed by atoms with van der Waals surface area (Å²) in [4.78, 5) is 17.3. The van der Waals surface area contributed by atoms with Gasteiger partial charge in [0.05, 0.1) is 28.9 Å². The van der Waals surface area contributed by atoms with Crippen molar-refractivity contribution < 1.29 is 4.74 Å². The number of nitrogens with zero attached hydrogens (tertiary/aromatic N) is 4. The van der Waals surface area contributed by atoms with Crippen molar-refractivity contribution in [1.29, 1.82) is 0 Å². The van der Waals surface area contributed by atoms with Crippen LogP contribution in [-0.2, 0) is 11.8 Å². The molecule has 0 aliphatic heterocycles. The quantitative estimate of drug-likeness (QED) is 0.426. The summed E-state index contributed by atoms with van der Waals surface area (Å²) in [7, 11) is 5.54. The highest BCUT2D eigenvalue weighted by molar-refractivity contribution is 6.07. The second-order valence-electron chi connectivity index (χ2n) is 6.90. The van der Waals surface area contributed by atoms with Gasteiger partial charge in [0.25, 0.3) is 0 Å². The van der Waals surface area contributed by atoms with Gasteiger partial charge in [0.15, 0.2) is 5.82 Å². The number of pyridine rings is 2. The molecule has 0 amide bonds. The lowest BCUT2D eigenvalue weighted by Crippen LogP contribution is -2.13. The second-order valence-corrected chi connectivity index (χ2v) is 6.90. The lowest BCUT2D eigenvalue weighted by atomic mass is 10.1. The molecular formula is C20H25N7O. The van der Waals surface area contributed by atoms with Gasteiger partial charge in [-0.05, 0) is 31.0 Å². The van der Waals surface area contributed by atoms with Crippen LogP contribution in [0.25, 0.3) is 33.5 Å². The van der Waals surface area contributed by atoms with Crippen molar-refractivity contribution in [3.8, 4) is 11.4 Å². The number of ether oxygens (including phenoxy) is 1. The van der Waals surface area contributed by atoms with Gasteiger partial charge < -0.3 is 25.3 Å². The van der Waals surface area contributed by atoms with Gasteiger partial charge in [-0.3, -0.25) is 0 Å². The summed E-state index contributed by atoms with van der Waals surface area (Å²) < 4.78 is 7.12. The summed E-state index contributed by atoms with van der Waals surface area (Å²) >= 11 is 0. The molecule has 4 rings (SSSR count). The molecule has 8 heteroatoms. The van der Waals surface area contributed by atoms with E-state index in [2.05, 4.69) is 26.3 Å². The third kappa shape index (κ3) is 3.21. The smallest absolute Gasteiger partial charge is 0.156 e. The molecule has 8 nitrogen and oxygen atoms in total. The third-order valence-corrected chi connectivity index (χ3v) is 4.96. The first kappa shape index (κ1) is 18.4. The highest BCUT2D eigenvalue weighted by Crippen LogP contribution is 2.31. The average Bonchev–Trinajstić information content (AvgIpc) is 3.31. The zero-order valence-electron chi connectivity index (χ0n) is 16.4. The first-order chi connectivity index (χ1) is 13.6. The number of hydrogen-bond donors (Lipinski definition) is 3. The minimum atomic E-state index is -0.114. The molecule has 4 aromatic rings. The molecule has 4 heterocycles. The summed E-state index contributed by atoms with van der Waals surface area (Å²) in [5, 5.41) is 4.14. The molecule has 4 N–H and O–H groups in total. The van der Waals surface area contributed by atoms with Crippen LogP contribution in [0.1, 0.15) is 24.6 Å². The van der Waals surface area contributed by atoms with Gasteiger partial charge in [0.1, 0.15) is 11.2 Å². The number of methoxy groups -OCH3 is 1. The van der Waals surface area contributed by atoms with Crippen molar-refractivity contribution in [2.45, 2.75) is 18.9 Å². The van der Waals surface area contributed by atoms with Crippen LogP contribution in [0.2, 0.25) is 0 Å². The second kappa shape index (κ2) is 7.57. The molecule has 0 unspecified atom stereocenters. The van der Waals surface area contributed by atoms with Crippen LogP contribution in [0.4, 0.5) is 5.82 Å². The molecule has 28 heavy (non-hydrogen) atoms. The Labute approximate surface area is 163 Å². The van der Waals surface area contributed by atoms with Crippen LogP contribution < -0.4 is 11.1 Å². The molecule has 146 valence electrons. The van der Waals surface area contributed by atoms with E-state index in [1.165, 1.54) is 0 Å². The standard InChI is InChI=1S/C20H25N7O/c1-22-20-17-18(27(2)11-23-17)12-10-16(25-19(12)26-20)15-8-4-7-14(24-15)13(21)6-5-9-28-3/h4,7-8,10-11,13H,5-6,9,21H2,1-3H3,(H2,22,25,26)/t13-/m0/s1. The predicted molar refractivity (Wildman–Crippen MR) is 111 cm³/mol. The van der Waals surface area contributed by atoms with E-state index < -0.39 is 0 Å². The molecule has 0 aromatic carbocycles. The van der Waals surface area contributed by atoms with Gasteiger partial charge in [-0.15, -0.1) is 0 Å². The number of anilines is 1. The first-order valence-corrected chi connectivity index (χ1v) is 9.35. The maximum absolute atomic E-state index is 6.32. The van der Waals surface area contributed by atoms with E-state index in [0.29, 0.717) is 6.61 Å². The lowest BCUT2D eigenvalue weighted by molar-refractivity contribution is 0.190.